The molecule has 0 atom stereocenters. The van der Waals surface area contributed by atoms with Gasteiger partial charge in [-0.25, -0.2) is 0 Å². The highest BCUT2D eigenvalue weighted by atomic mass is 16.5. The lowest BCUT2D eigenvalue weighted by Crippen LogP contribution is -2.02. The van der Waals surface area contributed by atoms with Gasteiger partial charge in [0.25, 0.3) is 0 Å². The molecule has 11 heavy (non-hydrogen) atoms. The Kier molecular flexibility index (Phi) is 3.54. The average molecular weight is 150 g/mol. The van der Waals surface area contributed by atoms with Gasteiger partial charge in [-0.2, -0.15) is 5.26 Å². The van der Waals surface area contributed by atoms with Crippen LogP contribution in [0.25, 0.3) is 0 Å². The van der Waals surface area contributed by atoms with Crippen molar-refractivity contribution in [3.63, 3.8) is 0 Å². The zero-order valence-corrected chi connectivity index (χ0v) is 6.42. The average Bonchev–Trinajstić information content (AvgIpc) is 2.05. The highest BCUT2D eigenvalue weighted by Gasteiger charge is 2.04. The Morgan fingerprint density at radius 1 is 1.73 bits per heavy atom. The number of hydrogen-bond acceptors (Lipinski definition) is 3. The van der Waals surface area contributed by atoms with Crippen molar-refractivity contribution in [1.82, 2.24) is 0 Å². The molecule has 0 radical (unpaired) electrons. The normalized spacial score (nSPS) is 10.9. The number of allylic oxidation sites excluding steroid dienone is 2. The molecule has 58 valence electrons. The van der Waals surface area contributed by atoms with Crippen molar-refractivity contribution in [2.24, 2.45) is 5.73 Å². The van der Waals surface area contributed by atoms with E-state index in [4.69, 9.17) is 15.7 Å². The van der Waals surface area contributed by atoms with Crippen molar-refractivity contribution in [2.75, 3.05) is 7.11 Å². The minimum atomic E-state index is 0.199. The number of nitriles is 1. The van der Waals surface area contributed by atoms with Crippen LogP contribution < -0.4 is 5.73 Å². The summed E-state index contributed by atoms with van der Waals surface area (Å²) in [5.41, 5.74) is 5.95. The molecule has 0 aromatic rings. The van der Waals surface area contributed by atoms with Gasteiger partial charge in [0.2, 0.25) is 0 Å². The van der Waals surface area contributed by atoms with E-state index >= 15 is 0 Å². The first-order valence-corrected chi connectivity index (χ1v) is 2.93. The number of ether oxygens (including phenoxy) is 1. The number of methoxy groups -OCH3 is 1. The Morgan fingerprint density at radius 3 is 2.55 bits per heavy atom. The summed E-state index contributed by atoms with van der Waals surface area (Å²) >= 11 is 0. The molecular weight excluding hydrogens is 140 g/mol. The standard InChI is InChI=1S/C8H10N2O/c1-4-7(10)8(11-3)6(2)5-9/h4H,1-2,10H2,3H3/b8-7-. The van der Waals surface area contributed by atoms with Crippen LogP contribution in [-0.4, -0.2) is 7.11 Å². The minimum Gasteiger partial charge on any atom is -0.493 e. The van der Waals surface area contributed by atoms with E-state index in [1.54, 1.807) is 0 Å². The fraction of sp³-hybridized carbons (Fsp3) is 0.125. The van der Waals surface area contributed by atoms with E-state index in [1.165, 1.54) is 13.2 Å². The molecule has 0 aromatic heterocycles. The van der Waals surface area contributed by atoms with Crippen molar-refractivity contribution >= 4 is 0 Å². The topological polar surface area (TPSA) is 59.0 Å². The van der Waals surface area contributed by atoms with Gasteiger partial charge in [-0.05, 0) is 6.08 Å². The summed E-state index contributed by atoms with van der Waals surface area (Å²) in [6.07, 6.45) is 1.40. The monoisotopic (exact) mass is 150 g/mol. The maximum atomic E-state index is 8.43. The van der Waals surface area contributed by atoms with E-state index in [0.717, 1.165) is 0 Å². The Hall–Kier alpha value is -1.69. The largest absolute Gasteiger partial charge is 0.493 e. The molecule has 0 spiro atoms. The van der Waals surface area contributed by atoms with Gasteiger partial charge in [-0.1, -0.05) is 13.2 Å². The molecule has 2 N–H and O–H groups in total. The third-order valence-corrected chi connectivity index (χ3v) is 1.10. The Balaban J connectivity index is 4.83. The first kappa shape index (κ1) is 9.31. The van der Waals surface area contributed by atoms with Gasteiger partial charge >= 0.3 is 0 Å². The molecule has 0 unspecified atom stereocenters. The summed E-state index contributed by atoms with van der Waals surface area (Å²) in [7, 11) is 1.42. The van der Waals surface area contributed by atoms with E-state index in [-0.39, 0.29) is 11.3 Å². The van der Waals surface area contributed by atoms with Crippen LogP contribution in [0.1, 0.15) is 0 Å². The summed E-state index contributed by atoms with van der Waals surface area (Å²) in [6.45, 7) is 6.87. The number of nitrogens with zero attached hydrogens (tertiary/aromatic N) is 1. The Morgan fingerprint density at radius 2 is 2.27 bits per heavy atom. The Bertz CT molecular complexity index is 245. The molecule has 0 saturated heterocycles. The molecule has 0 aromatic carbocycles. The van der Waals surface area contributed by atoms with Crippen LogP contribution in [0.2, 0.25) is 0 Å². The third kappa shape index (κ3) is 2.18. The van der Waals surface area contributed by atoms with Crippen molar-refractivity contribution in [3.8, 4) is 6.07 Å². The van der Waals surface area contributed by atoms with E-state index < -0.39 is 0 Å². The van der Waals surface area contributed by atoms with Crippen molar-refractivity contribution < 1.29 is 4.74 Å². The van der Waals surface area contributed by atoms with E-state index in [9.17, 15) is 0 Å². The molecule has 3 nitrogen and oxygen atoms in total. The van der Waals surface area contributed by atoms with Gasteiger partial charge in [-0.15, -0.1) is 0 Å². The maximum Gasteiger partial charge on any atom is 0.158 e. The second kappa shape index (κ2) is 4.18. The van der Waals surface area contributed by atoms with Crippen molar-refractivity contribution in [3.05, 3.63) is 36.3 Å². The summed E-state index contributed by atoms with van der Waals surface area (Å²) in [4.78, 5) is 0. The molecule has 0 aliphatic rings. The van der Waals surface area contributed by atoms with Crippen LogP contribution in [0.15, 0.2) is 36.3 Å². The predicted molar refractivity (Wildman–Crippen MR) is 43.2 cm³/mol. The SMILES string of the molecule is C=C/C(N)=C(/OC)C(=C)C#N. The van der Waals surface area contributed by atoms with Crippen LogP contribution >= 0.6 is 0 Å². The zero-order valence-electron chi connectivity index (χ0n) is 6.42. The molecule has 0 aliphatic carbocycles. The molecule has 0 saturated carbocycles. The van der Waals surface area contributed by atoms with Gasteiger partial charge in [0.05, 0.1) is 18.4 Å². The van der Waals surface area contributed by atoms with Crippen LogP contribution in [0.4, 0.5) is 0 Å². The summed E-state index contributed by atoms with van der Waals surface area (Å²) in [5.74, 6) is 0.280. The maximum absolute atomic E-state index is 8.43. The fourth-order valence-electron chi connectivity index (χ4n) is 0.559. The fourth-order valence-corrected chi connectivity index (χ4v) is 0.559. The van der Waals surface area contributed by atoms with Gasteiger partial charge in [0.1, 0.15) is 6.07 Å². The minimum absolute atomic E-state index is 0.199. The van der Waals surface area contributed by atoms with E-state index in [1.807, 2.05) is 6.07 Å². The quantitative estimate of drug-likeness (QED) is 0.372. The molecule has 0 amide bonds. The third-order valence-electron chi connectivity index (χ3n) is 1.10. The molecule has 0 fully saturated rings. The second-order valence-electron chi connectivity index (χ2n) is 1.78. The van der Waals surface area contributed by atoms with Gasteiger partial charge in [0, 0.05) is 0 Å². The number of nitrogens with two attached hydrogens (primary N) is 1. The van der Waals surface area contributed by atoms with Crippen molar-refractivity contribution in [2.45, 2.75) is 0 Å². The summed E-state index contributed by atoms with van der Waals surface area (Å²) in [6, 6.07) is 1.83. The predicted octanol–water partition coefficient (Wildman–Crippen LogP) is 1.07. The first-order valence-electron chi connectivity index (χ1n) is 2.93. The van der Waals surface area contributed by atoms with Gasteiger partial charge in [0.15, 0.2) is 5.76 Å². The van der Waals surface area contributed by atoms with Gasteiger partial charge < -0.3 is 10.5 Å². The molecule has 0 heterocycles. The van der Waals surface area contributed by atoms with Crippen LogP contribution in [-0.2, 0) is 4.74 Å². The van der Waals surface area contributed by atoms with Crippen LogP contribution in [0.3, 0.4) is 0 Å². The highest BCUT2D eigenvalue weighted by molar-refractivity contribution is 5.40. The van der Waals surface area contributed by atoms with Crippen LogP contribution in [0, 0.1) is 11.3 Å². The zero-order chi connectivity index (χ0) is 8.85. The molecular formula is C8H10N2O. The lowest BCUT2D eigenvalue weighted by molar-refractivity contribution is 0.299. The lowest BCUT2D eigenvalue weighted by Gasteiger charge is -2.04. The van der Waals surface area contributed by atoms with Crippen molar-refractivity contribution in [1.29, 1.82) is 5.26 Å². The molecule has 3 heteroatoms. The van der Waals surface area contributed by atoms with Gasteiger partial charge in [-0.3, -0.25) is 0 Å². The smallest absolute Gasteiger partial charge is 0.158 e. The lowest BCUT2D eigenvalue weighted by atomic mass is 10.2. The summed E-state index contributed by atoms with van der Waals surface area (Å²) < 4.78 is 4.82. The first-order chi connectivity index (χ1) is 5.17. The second-order valence-corrected chi connectivity index (χ2v) is 1.78. The molecule has 0 aliphatic heterocycles. The molecule has 0 rings (SSSR count). The van der Waals surface area contributed by atoms with E-state index in [2.05, 4.69) is 13.2 Å². The molecule has 0 bridgehead atoms. The van der Waals surface area contributed by atoms with Crippen LogP contribution in [0.5, 0.6) is 0 Å². The summed E-state index contributed by atoms with van der Waals surface area (Å²) in [5, 5.41) is 8.43. The van der Waals surface area contributed by atoms with E-state index in [0.29, 0.717) is 5.70 Å². The highest BCUT2D eigenvalue weighted by Crippen LogP contribution is 2.10. The Labute approximate surface area is 66.1 Å². The number of hydrogen-bond donors (Lipinski definition) is 1. The number of rotatable bonds is 3.